The molecule has 0 aromatic heterocycles. The maximum absolute atomic E-state index is 9.98. The minimum absolute atomic E-state index is 0.128. The number of halogens is 1. The molecule has 0 aromatic rings. The van der Waals surface area contributed by atoms with E-state index in [-0.39, 0.29) is 5.88 Å². The molecule has 2 N–H and O–H groups in total. The van der Waals surface area contributed by atoms with E-state index in [1.165, 1.54) is 0 Å². The lowest BCUT2D eigenvalue weighted by Crippen LogP contribution is -2.20. The average Bonchev–Trinajstić information content (AvgIpc) is 1.68. The lowest BCUT2D eigenvalue weighted by Gasteiger charge is -1.90. The highest BCUT2D eigenvalue weighted by molar-refractivity contribution is 6.27. The van der Waals surface area contributed by atoms with Crippen LogP contribution in [0.15, 0.2) is 0 Å². The maximum Gasteiger partial charge on any atom is 0.237 e. The minimum atomic E-state index is -0.413. The predicted molar refractivity (Wildman–Crippen MR) is 25.1 cm³/mol. The maximum atomic E-state index is 9.98. The van der Waals surface area contributed by atoms with Crippen LogP contribution in [0, 0.1) is 6.73 Å². The van der Waals surface area contributed by atoms with Gasteiger partial charge in [-0.1, -0.05) is 0 Å². The van der Waals surface area contributed by atoms with Gasteiger partial charge in [-0.15, -0.1) is 11.6 Å². The molecule has 0 atom stereocenters. The molecule has 0 saturated heterocycles. The summed E-state index contributed by atoms with van der Waals surface area (Å²) in [7, 11) is 0. The van der Waals surface area contributed by atoms with Gasteiger partial charge in [-0.3, -0.25) is 4.79 Å². The molecule has 0 heterocycles. The van der Waals surface area contributed by atoms with Crippen LogP contribution < -0.4 is 5.32 Å². The number of aliphatic hydroxyl groups excluding tert-OH is 1. The van der Waals surface area contributed by atoms with Crippen molar-refractivity contribution >= 4 is 17.5 Å². The minimum Gasteiger partial charge on any atom is -0.369 e. The quantitative estimate of drug-likeness (QED) is 0.500. The second-order valence-electron chi connectivity index (χ2n) is 0.830. The summed E-state index contributed by atoms with van der Waals surface area (Å²) < 4.78 is 0. The molecule has 0 aliphatic heterocycles. The first-order valence-electron chi connectivity index (χ1n) is 1.62. The SMILES string of the molecule is O=C(CCl)N[CH]O. The Hall–Kier alpha value is -0.280. The molecule has 0 rings (SSSR count). The highest BCUT2D eigenvalue weighted by Gasteiger charge is 1.91. The number of hydrogen-bond acceptors (Lipinski definition) is 2. The van der Waals surface area contributed by atoms with Crippen LogP contribution in [0.25, 0.3) is 0 Å². The van der Waals surface area contributed by atoms with Crippen molar-refractivity contribution in [3.05, 3.63) is 6.73 Å². The molecule has 0 saturated carbocycles. The van der Waals surface area contributed by atoms with Crippen LogP contribution in [0.2, 0.25) is 0 Å². The van der Waals surface area contributed by atoms with Crippen LogP contribution in [-0.2, 0) is 4.79 Å². The van der Waals surface area contributed by atoms with Crippen molar-refractivity contribution in [3.8, 4) is 0 Å². The Morgan fingerprint density at radius 3 is 2.71 bits per heavy atom. The molecule has 0 aliphatic carbocycles. The molecule has 41 valence electrons. The molecule has 0 aromatic carbocycles. The summed E-state index contributed by atoms with van der Waals surface area (Å²) in [4.78, 5) is 9.98. The molecule has 0 fully saturated rings. The van der Waals surface area contributed by atoms with Gasteiger partial charge in [0, 0.05) is 0 Å². The van der Waals surface area contributed by atoms with Crippen molar-refractivity contribution in [2.24, 2.45) is 0 Å². The summed E-state index contributed by atoms with van der Waals surface area (Å²) in [6.45, 7) is 0.546. The molecule has 0 unspecified atom stereocenters. The standard InChI is InChI=1S/C3H5ClNO2/c4-1-3(7)5-2-6/h2,6H,1H2,(H,5,7). The van der Waals surface area contributed by atoms with Gasteiger partial charge >= 0.3 is 0 Å². The van der Waals surface area contributed by atoms with Crippen LogP contribution in [0.1, 0.15) is 0 Å². The first-order valence-corrected chi connectivity index (χ1v) is 2.16. The Morgan fingerprint density at radius 1 is 2.00 bits per heavy atom. The van der Waals surface area contributed by atoms with E-state index in [0.29, 0.717) is 6.73 Å². The zero-order valence-corrected chi connectivity index (χ0v) is 4.27. The number of hydrogen-bond donors (Lipinski definition) is 2. The molecule has 7 heavy (non-hydrogen) atoms. The Morgan fingerprint density at radius 2 is 2.57 bits per heavy atom. The smallest absolute Gasteiger partial charge is 0.237 e. The van der Waals surface area contributed by atoms with Crippen LogP contribution in [0.5, 0.6) is 0 Å². The first kappa shape index (κ1) is 6.72. The summed E-state index contributed by atoms with van der Waals surface area (Å²) in [5, 5.41) is 9.81. The largest absolute Gasteiger partial charge is 0.369 e. The zero-order chi connectivity index (χ0) is 5.70. The third-order valence-electron chi connectivity index (χ3n) is 0.347. The number of rotatable bonds is 2. The van der Waals surface area contributed by atoms with Gasteiger partial charge in [0.15, 0.2) is 6.73 Å². The van der Waals surface area contributed by atoms with E-state index in [4.69, 9.17) is 16.7 Å². The molecule has 1 radical (unpaired) electrons. The predicted octanol–water partition coefficient (Wildman–Crippen LogP) is -0.167. The lowest BCUT2D eigenvalue weighted by atomic mass is 10.7. The van der Waals surface area contributed by atoms with E-state index in [1.54, 1.807) is 0 Å². The molecule has 1 amide bonds. The second kappa shape index (κ2) is 3.89. The van der Waals surface area contributed by atoms with Gasteiger partial charge in [0.1, 0.15) is 5.88 Å². The van der Waals surface area contributed by atoms with E-state index < -0.39 is 5.91 Å². The van der Waals surface area contributed by atoms with Crippen LogP contribution >= 0.6 is 11.6 Å². The molecule has 4 heteroatoms. The van der Waals surface area contributed by atoms with Crippen LogP contribution in [-0.4, -0.2) is 16.9 Å². The van der Waals surface area contributed by atoms with E-state index in [1.807, 2.05) is 5.32 Å². The number of carbonyl (C=O) groups excluding carboxylic acids is 1. The van der Waals surface area contributed by atoms with Crippen molar-refractivity contribution in [2.75, 3.05) is 5.88 Å². The van der Waals surface area contributed by atoms with Crippen molar-refractivity contribution < 1.29 is 9.90 Å². The van der Waals surface area contributed by atoms with Gasteiger partial charge in [-0.25, -0.2) is 0 Å². The first-order chi connectivity index (χ1) is 3.31. The number of carbonyl (C=O) groups is 1. The van der Waals surface area contributed by atoms with E-state index in [9.17, 15) is 4.79 Å². The monoisotopic (exact) mass is 122 g/mol. The fourth-order valence-corrected chi connectivity index (χ4v) is 0.188. The third-order valence-corrected chi connectivity index (χ3v) is 0.590. The van der Waals surface area contributed by atoms with Gasteiger partial charge in [0.05, 0.1) is 0 Å². The molecule has 3 nitrogen and oxygen atoms in total. The highest BCUT2D eigenvalue weighted by atomic mass is 35.5. The number of nitrogens with one attached hydrogen (secondary N) is 1. The van der Waals surface area contributed by atoms with Gasteiger partial charge in [0.25, 0.3) is 0 Å². The van der Waals surface area contributed by atoms with Crippen LogP contribution in [0.4, 0.5) is 0 Å². The second-order valence-corrected chi connectivity index (χ2v) is 1.10. The third kappa shape index (κ3) is 3.55. The van der Waals surface area contributed by atoms with E-state index >= 15 is 0 Å². The normalized spacial score (nSPS) is 8.29. The van der Waals surface area contributed by atoms with Gasteiger partial charge in [-0.2, -0.15) is 0 Å². The Kier molecular flexibility index (Phi) is 3.74. The van der Waals surface area contributed by atoms with Gasteiger partial charge < -0.3 is 10.4 Å². The fraction of sp³-hybridized carbons (Fsp3) is 0.333. The topological polar surface area (TPSA) is 49.3 Å². The lowest BCUT2D eigenvalue weighted by molar-refractivity contribution is -0.118. The molecule has 0 bridgehead atoms. The highest BCUT2D eigenvalue weighted by Crippen LogP contribution is 1.71. The zero-order valence-electron chi connectivity index (χ0n) is 3.52. The van der Waals surface area contributed by atoms with E-state index in [2.05, 4.69) is 0 Å². The van der Waals surface area contributed by atoms with E-state index in [0.717, 1.165) is 0 Å². The number of alkyl halides is 1. The van der Waals surface area contributed by atoms with Crippen molar-refractivity contribution in [3.63, 3.8) is 0 Å². The number of amides is 1. The van der Waals surface area contributed by atoms with Gasteiger partial charge in [0.2, 0.25) is 5.91 Å². The summed E-state index contributed by atoms with van der Waals surface area (Å²) in [6.07, 6.45) is 0. The van der Waals surface area contributed by atoms with Gasteiger partial charge in [-0.05, 0) is 0 Å². The van der Waals surface area contributed by atoms with Crippen LogP contribution in [0.3, 0.4) is 0 Å². The molecular formula is C3H5ClNO2. The summed E-state index contributed by atoms with van der Waals surface area (Å²) in [5.74, 6) is -0.541. The fourth-order valence-electron chi connectivity index (χ4n) is 0.111. The molecule has 0 spiro atoms. The number of aliphatic hydroxyl groups is 1. The summed E-state index contributed by atoms with van der Waals surface area (Å²) in [6, 6.07) is 0. The van der Waals surface area contributed by atoms with Crippen molar-refractivity contribution in [1.82, 2.24) is 5.32 Å². The average molecular weight is 123 g/mol. The Balaban J connectivity index is 3.00. The Bertz CT molecular complexity index is 66.0. The van der Waals surface area contributed by atoms with Crippen molar-refractivity contribution in [2.45, 2.75) is 0 Å². The Labute approximate surface area is 46.3 Å². The summed E-state index contributed by atoms with van der Waals surface area (Å²) in [5.41, 5.74) is 0. The van der Waals surface area contributed by atoms with Crippen molar-refractivity contribution in [1.29, 1.82) is 0 Å². The summed E-state index contributed by atoms with van der Waals surface area (Å²) >= 11 is 4.99. The molecule has 0 aliphatic rings. The molecular weight excluding hydrogens is 117 g/mol.